The van der Waals surface area contributed by atoms with Crippen molar-refractivity contribution in [3.05, 3.63) is 215 Å². The summed E-state index contributed by atoms with van der Waals surface area (Å²) in [4.78, 5) is 201. The topological polar surface area (TPSA) is 494 Å². The van der Waals surface area contributed by atoms with Crippen LogP contribution in [0.5, 0.6) is 0 Å². The molecule has 1 fully saturated rings. The van der Waals surface area contributed by atoms with Crippen LogP contribution in [0.25, 0.3) is 0 Å². The van der Waals surface area contributed by atoms with Gasteiger partial charge in [0.05, 0.1) is 12.2 Å². The first-order valence-electron chi connectivity index (χ1n) is 40.6. The third-order valence-electron chi connectivity index (χ3n) is 19.1. The molecular weight excluding hydrogens is 1580 g/mol. The van der Waals surface area contributed by atoms with Gasteiger partial charge >= 0.3 is 30.5 Å². The van der Waals surface area contributed by atoms with Crippen LogP contribution in [0.2, 0.25) is 0 Å². The number of unbranched alkanes of at least 4 members (excludes halogenated alkanes) is 2. The van der Waals surface area contributed by atoms with Gasteiger partial charge in [0.25, 0.3) is 0 Å². The maximum Gasteiger partial charge on any atom is 0.408 e. The summed E-state index contributed by atoms with van der Waals surface area (Å²) in [5.41, 5.74) is 3.79. The Morgan fingerprint density at radius 1 is 0.377 bits per heavy atom. The van der Waals surface area contributed by atoms with Gasteiger partial charge in [-0.05, 0) is 117 Å². The minimum atomic E-state index is -1.89. The van der Waals surface area contributed by atoms with E-state index < -0.39 is 189 Å². The zero-order valence-corrected chi connectivity index (χ0v) is 68.7. The van der Waals surface area contributed by atoms with E-state index in [2.05, 4.69) is 74.4 Å². The SMILES string of the molecule is CC(C)C[C@@H]1NC(=O)[C@@H](Cc2ccccc2)NC(=O)[C@H](CCNC(=O)OCc2ccccc2)NC(=O)[C@@H](NC(=O)[C@H](CCNC(=O)OCc2ccccc2)NC(=O)[C@@H](NC(=O)OCc2ccccc2)[C@@H](C)O)CCNC(=O)[C@@H]([C@@H](C)O)NC(=O)[C@H](CCCCNC(=O)OCc2ccccc2)NC(=O)[C@H](CCCCNC(=O)OCc2ccccc2)NC1=O. The van der Waals surface area contributed by atoms with Crippen LogP contribution >= 0.6 is 0 Å². The Bertz CT molecular complexity index is 4310. The molecule has 16 N–H and O–H groups in total. The van der Waals surface area contributed by atoms with E-state index in [1.165, 1.54) is 13.8 Å². The van der Waals surface area contributed by atoms with Crippen LogP contribution in [0.3, 0.4) is 0 Å². The number of benzene rings is 6. The Labute approximate surface area is 707 Å². The summed E-state index contributed by atoms with van der Waals surface area (Å²) in [6, 6.07) is 36.8. The number of hydrogen-bond acceptors (Lipinski definition) is 21. The maximum absolute atomic E-state index is 15.4. The third-order valence-corrected chi connectivity index (χ3v) is 19.1. The number of aliphatic hydroxyl groups excluding tert-OH is 2. The van der Waals surface area contributed by atoms with Crippen molar-refractivity contribution < 1.29 is 101 Å². The van der Waals surface area contributed by atoms with Crippen LogP contribution in [0.1, 0.15) is 125 Å². The van der Waals surface area contributed by atoms with Gasteiger partial charge in [-0.2, -0.15) is 0 Å². The molecule has 35 heteroatoms. The number of rotatable bonds is 37. The molecule has 1 aliphatic rings. The highest BCUT2D eigenvalue weighted by Crippen LogP contribution is 2.16. The Hall–Kier alpha value is -13.2. The molecular formula is C87H112N14O21. The molecule has 1 heterocycles. The molecule has 0 aliphatic carbocycles. The molecule has 122 heavy (non-hydrogen) atoms. The van der Waals surface area contributed by atoms with E-state index in [1.54, 1.807) is 190 Å². The fraction of sp³-hybridized carbons (Fsp3) is 0.425. The standard InChI is InChI=1S/C87H112N14O21/c1-56(2)49-70-79(109)94-65(39-23-25-44-89-83(113)118-51-60-29-13-6-14-30-60)74(104)93-66(40-24-26-45-90-84(114)119-52-61-31-15-7-16-32-61)78(108)100-72(57(3)102)81(111)88-46-41-67(75(105)96-68(42-47-91-85(115)120-53-62-33-17-8-18-34-62)77(107)99-71(80(110)98-70)50-59-27-11-5-12-28-59)95-76(106)69(43-48-92-86(116)121-54-63-35-19-9-20-36-63)97-82(112)73(58(4)103)101-87(117)122-55-64-37-21-10-22-38-64/h5-22,27-38,56-58,65-73,102-103H,23-26,39-55H2,1-4H3,(H,88,111)(H,89,113)(H,90,114)(H,91,115)(H,92,116)(H,93,104)(H,94,109)(H,95,106)(H,96,105)(H,97,112)(H,98,110)(H,99,107)(H,100,108)(H,101,117)/t57-,58-,65+,66+,67+,68+,69+,70+,71-,72-,73+/m1/s1. The minimum absolute atomic E-state index is 0.0179. The largest absolute Gasteiger partial charge is 0.445 e. The number of alkyl carbamates (subject to hydrolysis) is 5. The molecule has 1 aliphatic heterocycles. The molecule has 7 rings (SSSR count). The monoisotopic (exact) mass is 1690 g/mol. The molecule has 11 atom stereocenters. The molecule has 0 aromatic heterocycles. The fourth-order valence-corrected chi connectivity index (χ4v) is 12.5. The van der Waals surface area contributed by atoms with Crippen molar-refractivity contribution in [2.24, 2.45) is 5.92 Å². The summed E-state index contributed by atoms with van der Waals surface area (Å²) in [6.07, 6.45) is -9.51. The van der Waals surface area contributed by atoms with E-state index in [0.717, 1.165) is 11.1 Å². The van der Waals surface area contributed by atoms with E-state index in [0.29, 0.717) is 22.3 Å². The number of ether oxygens (including phenoxy) is 5. The molecule has 0 radical (unpaired) electrons. The third kappa shape index (κ3) is 36.2. The molecule has 0 bridgehead atoms. The van der Waals surface area contributed by atoms with E-state index in [9.17, 15) is 48.6 Å². The molecule has 0 spiro atoms. The van der Waals surface area contributed by atoms with Crippen LogP contribution in [0.4, 0.5) is 24.0 Å². The minimum Gasteiger partial charge on any atom is -0.445 e. The van der Waals surface area contributed by atoms with Crippen molar-refractivity contribution in [3.8, 4) is 0 Å². The van der Waals surface area contributed by atoms with Gasteiger partial charge in [0.2, 0.25) is 53.2 Å². The predicted molar refractivity (Wildman–Crippen MR) is 445 cm³/mol. The average Bonchev–Trinajstić information content (AvgIpc) is 1.13. The van der Waals surface area contributed by atoms with Crippen LogP contribution < -0.4 is 74.4 Å². The van der Waals surface area contributed by atoms with Crippen molar-refractivity contribution >= 4 is 83.6 Å². The Morgan fingerprint density at radius 2 is 0.730 bits per heavy atom. The molecule has 14 amide bonds. The van der Waals surface area contributed by atoms with Gasteiger partial charge in [0.15, 0.2) is 0 Å². The first-order valence-corrected chi connectivity index (χ1v) is 40.6. The van der Waals surface area contributed by atoms with Gasteiger partial charge in [-0.3, -0.25) is 43.2 Å². The zero-order valence-electron chi connectivity index (χ0n) is 68.7. The van der Waals surface area contributed by atoms with E-state index in [-0.39, 0.29) is 103 Å². The van der Waals surface area contributed by atoms with Crippen molar-refractivity contribution in [2.75, 3.05) is 32.7 Å². The number of amides is 14. The molecule has 6 aromatic carbocycles. The zero-order chi connectivity index (χ0) is 88.0. The second-order valence-corrected chi connectivity index (χ2v) is 29.5. The fourth-order valence-electron chi connectivity index (χ4n) is 12.5. The number of aliphatic hydroxyl groups is 2. The highest BCUT2D eigenvalue weighted by molar-refractivity contribution is 5.99. The summed E-state index contributed by atoms with van der Waals surface area (Å²) in [7, 11) is 0. The van der Waals surface area contributed by atoms with Gasteiger partial charge < -0.3 is 108 Å². The maximum atomic E-state index is 15.4. The molecule has 0 unspecified atom stereocenters. The number of carbonyl (C=O) groups is 14. The lowest BCUT2D eigenvalue weighted by molar-refractivity contribution is -0.136. The van der Waals surface area contributed by atoms with Gasteiger partial charge in [-0.15, -0.1) is 0 Å². The first kappa shape index (κ1) is 96.0. The van der Waals surface area contributed by atoms with E-state index in [1.807, 2.05) is 6.07 Å². The normalized spacial score (nSPS) is 18.5. The average molecular weight is 1690 g/mol. The van der Waals surface area contributed by atoms with Crippen LogP contribution in [0, 0.1) is 5.92 Å². The van der Waals surface area contributed by atoms with E-state index >= 15 is 28.8 Å². The van der Waals surface area contributed by atoms with Crippen molar-refractivity contribution in [1.82, 2.24) is 74.4 Å². The lowest BCUT2D eigenvalue weighted by Gasteiger charge is -2.29. The number of carbonyl (C=O) groups excluding carboxylic acids is 14. The van der Waals surface area contributed by atoms with Crippen molar-refractivity contribution in [1.29, 1.82) is 0 Å². The highest BCUT2D eigenvalue weighted by Gasteiger charge is 2.38. The second-order valence-electron chi connectivity index (χ2n) is 29.5. The molecule has 656 valence electrons. The van der Waals surface area contributed by atoms with Gasteiger partial charge in [0.1, 0.15) is 87.4 Å². The molecule has 35 nitrogen and oxygen atoms in total. The smallest absolute Gasteiger partial charge is 0.408 e. The van der Waals surface area contributed by atoms with Crippen LogP contribution in [-0.2, 0) is 106 Å². The van der Waals surface area contributed by atoms with Crippen LogP contribution in [0.15, 0.2) is 182 Å². The Balaban J connectivity index is 1.25. The molecule has 0 saturated carbocycles. The lowest BCUT2D eigenvalue weighted by atomic mass is 9.99. The number of hydrogen-bond donors (Lipinski definition) is 16. The molecule has 1 saturated heterocycles. The van der Waals surface area contributed by atoms with Gasteiger partial charge in [-0.1, -0.05) is 196 Å². The van der Waals surface area contributed by atoms with Crippen LogP contribution in [-0.4, -0.2) is 193 Å². The molecule has 6 aromatic rings. The van der Waals surface area contributed by atoms with Crippen molar-refractivity contribution in [2.45, 2.75) is 198 Å². The quantitative estimate of drug-likeness (QED) is 0.0188. The summed E-state index contributed by atoms with van der Waals surface area (Å²) in [6.45, 7) is 3.83. The summed E-state index contributed by atoms with van der Waals surface area (Å²) in [5, 5.41) is 58.7. The van der Waals surface area contributed by atoms with Crippen molar-refractivity contribution in [3.63, 3.8) is 0 Å². The summed E-state index contributed by atoms with van der Waals surface area (Å²) >= 11 is 0. The van der Waals surface area contributed by atoms with Gasteiger partial charge in [-0.25, -0.2) is 24.0 Å². The number of nitrogens with one attached hydrogen (secondary N) is 14. The van der Waals surface area contributed by atoms with Gasteiger partial charge in [0, 0.05) is 39.1 Å². The summed E-state index contributed by atoms with van der Waals surface area (Å²) in [5.74, 6) is -9.81. The highest BCUT2D eigenvalue weighted by atomic mass is 16.6. The summed E-state index contributed by atoms with van der Waals surface area (Å²) < 4.78 is 26.9. The predicted octanol–water partition coefficient (Wildman–Crippen LogP) is 4.56. The first-order chi connectivity index (χ1) is 58.8. The Kier molecular flexibility index (Phi) is 41.4. The van der Waals surface area contributed by atoms with E-state index in [4.69, 9.17) is 23.7 Å². The Morgan fingerprint density at radius 3 is 1.15 bits per heavy atom. The lowest BCUT2D eigenvalue weighted by Crippen LogP contribution is -2.61. The second kappa shape index (κ2) is 52.7.